The monoisotopic (exact) mass is 262 g/mol. The van der Waals surface area contributed by atoms with Gasteiger partial charge >= 0.3 is 93.4 Å². The Hall–Kier alpha value is -1.61. The van der Waals surface area contributed by atoms with Crippen LogP contribution in [0.15, 0.2) is 35.3 Å². The van der Waals surface area contributed by atoms with Crippen LogP contribution in [0.25, 0.3) is 17.0 Å². The van der Waals surface area contributed by atoms with Crippen LogP contribution < -0.4 is 4.61 Å². The van der Waals surface area contributed by atoms with E-state index in [4.69, 9.17) is 4.42 Å². The van der Waals surface area contributed by atoms with Gasteiger partial charge in [0, 0.05) is 0 Å². The first-order valence-electron chi connectivity index (χ1n) is 4.34. The maximum atomic E-state index is 5.29. The normalized spacial score (nSPS) is 11.0. The molecule has 0 spiro atoms. The van der Waals surface area contributed by atoms with Gasteiger partial charge in [-0.2, -0.15) is 0 Å². The molecule has 3 heterocycles. The van der Waals surface area contributed by atoms with Crippen LogP contribution in [-0.4, -0.2) is 36.4 Å². The minimum atomic E-state index is 0.711. The number of nitrogens with zero attached hydrogens (tertiary/aromatic N) is 4. The predicted octanol–water partition coefficient (Wildman–Crippen LogP) is -0.333. The number of fused-ring (bicyclic) bond motifs is 1. The van der Waals surface area contributed by atoms with Crippen molar-refractivity contribution in [1.29, 1.82) is 0 Å². The first kappa shape index (κ1) is 8.68. The number of aromatic nitrogens is 4. The first-order valence-corrected chi connectivity index (χ1v) is 5.55. The van der Waals surface area contributed by atoms with E-state index in [0.717, 1.165) is 15.8 Å². The third kappa shape index (κ3) is 1.36. The molecule has 0 aliphatic rings. The summed E-state index contributed by atoms with van der Waals surface area (Å²) < 4.78 is 7.88. The first-order chi connectivity index (χ1) is 7.34. The van der Waals surface area contributed by atoms with Crippen molar-refractivity contribution in [2.45, 2.75) is 0 Å². The van der Waals surface area contributed by atoms with Crippen molar-refractivity contribution in [3.05, 3.63) is 30.9 Å². The fraction of sp³-hybridized carbons (Fsp3) is 0. The molecule has 0 aliphatic heterocycles. The summed E-state index contributed by atoms with van der Waals surface area (Å²) in [6.07, 6.45) is 5.03. The van der Waals surface area contributed by atoms with E-state index in [9.17, 15) is 0 Å². The molecule has 0 aromatic carbocycles. The van der Waals surface area contributed by atoms with Gasteiger partial charge in [-0.05, 0) is 0 Å². The van der Waals surface area contributed by atoms with Gasteiger partial charge in [0.15, 0.2) is 0 Å². The van der Waals surface area contributed by atoms with Crippen LogP contribution in [0.4, 0.5) is 0 Å². The fourth-order valence-corrected chi connectivity index (χ4v) is 1.80. The van der Waals surface area contributed by atoms with E-state index in [0.29, 0.717) is 5.88 Å². The van der Waals surface area contributed by atoms with Crippen molar-refractivity contribution in [2.75, 3.05) is 0 Å². The zero-order valence-corrected chi connectivity index (χ0v) is 10.1. The molecule has 6 heteroatoms. The number of furan rings is 1. The van der Waals surface area contributed by atoms with Gasteiger partial charge in [0.2, 0.25) is 0 Å². The van der Waals surface area contributed by atoms with Crippen molar-refractivity contribution in [3.63, 3.8) is 0 Å². The standard InChI is InChI=1S/C9H7AsN4O/c10-9-11-4-6-8(13-9)14(5-12-6)7-2-1-3-15-7/h1-5H,10H2. The molecule has 0 bridgehead atoms. The van der Waals surface area contributed by atoms with E-state index in [1.165, 1.54) is 16.9 Å². The zero-order valence-electron chi connectivity index (χ0n) is 7.66. The average Bonchev–Trinajstić information content (AvgIpc) is 2.83. The quantitative estimate of drug-likeness (QED) is 0.563. The molecule has 0 saturated heterocycles. The van der Waals surface area contributed by atoms with E-state index < -0.39 is 0 Å². The Morgan fingerprint density at radius 2 is 2.27 bits per heavy atom. The topological polar surface area (TPSA) is 56.7 Å². The summed E-state index contributed by atoms with van der Waals surface area (Å²) in [5.41, 5.74) is 1.55. The van der Waals surface area contributed by atoms with Crippen LogP contribution in [0.3, 0.4) is 0 Å². The molecule has 1 atom stereocenters. The van der Waals surface area contributed by atoms with Crippen molar-refractivity contribution >= 4 is 32.6 Å². The third-order valence-electron chi connectivity index (χ3n) is 2.05. The fourth-order valence-electron chi connectivity index (χ4n) is 1.39. The van der Waals surface area contributed by atoms with Gasteiger partial charge < -0.3 is 0 Å². The van der Waals surface area contributed by atoms with Crippen LogP contribution >= 0.6 is 0 Å². The molecule has 0 N–H and O–H groups in total. The summed E-state index contributed by atoms with van der Waals surface area (Å²) in [5.74, 6) is 0.711. The van der Waals surface area contributed by atoms with Crippen LogP contribution in [0, 0.1) is 0 Å². The number of rotatable bonds is 1. The summed E-state index contributed by atoms with van der Waals surface area (Å²) in [5, 5.41) is 0. The van der Waals surface area contributed by atoms with Gasteiger partial charge in [0.05, 0.1) is 0 Å². The summed E-state index contributed by atoms with van der Waals surface area (Å²) >= 11 is 1.39. The summed E-state index contributed by atoms with van der Waals surface area (Å²) in [6.45, 7) is 0. The van der Waals surface area contributed by atoms with Crippen molar-refractivity contribution in [1.82, 2.24) is 19.5 Å². The van der Waals surface area contributed by atoms with Gasteiger partial charge in [-0.1, -0.05) is 0 Å². The summed E-state index contributed by atoms with van der Waals surface area (Å²) in [4.78, 5) is 12.7. The van der Waals surface area contributed by atoms with Crippen LogP contribution in [0.5, 0.6) is 0 Å². The Labute approximate surface area is 93.7 Å². The Kier molecular flexibility index (Phi) is 1.85. The summed E-state index contributed by atoms with van der Waals surface area (Å²) in [7, 11) is 0. The molecule has 0 aliphatic carbocycles. The van der Waals surface area contributed by atoms with Gasteiger partial charge in [0.1, 0.15) is 0 Å². The third-order valence-corrected chi connectivity index (χ3v) is 2.64. The molecule has 0 radical (unpaired) electrons. The second-order valence-electron chi connectivity index (χ2n) is 3.00. The molecule has 15 heavy (non-hydrogen) atoms. The van der Waals surface area contributed by atoms with Crippen molar-refractivity contribution in [2.24, 2.45) is 0 Å². The van der Waals surface area contributed by atoms with Gasteiger partial charge in [0.25, 0.3) is 0 Å². The second kappa shape index (κ2) is 3.21. The predicted molar refractivity (Wildman–Crippen MR) is 57.1 cm³/mol. The maximum absolute atomic E-state index is 5.29. The van der Waals surface area contributed by atoms with Crippen LogP contribution in [0.2, 0.25) is 0 Å². The molecule has 3 rings (SSSR count). The van der Waals surface area contributed by atoms with Crippen LogP contribution in [-0.2, 0) is 0 Å². The second-order valence-corrected chi connectivity index (χ2v) is 4.09. The molecule has 1 unspecified atom stereocenters. The van der Waals surface area contributed by atoms with Crippen LogP contribution in [0.1, 0.15) is 0 Å². The zero-order chi connectivity index (χ0) is 10.3. The van der Waals surface area contributed by atoms with Gasteiger partial charge in [-0.15, -0.1) is 0 Å². The number of hydrogen-bond acceptors (Lipinski definition) is 4. The number of imidazole rings is 1. The molecule has 0 fully saturated rings. The minimum absolute atomic E-state index is 0.711. The number of hydrogen-bond donors (Lipinski definition) is 0. The Morgan fingerprint density at radius 1 is 1.33 bits per heavy atom. The SMILES string of the molecule is [AsH2]c1ncc2ncn(-c3ccco3)c2n1. The molecule has 3 aromatic rings. The van der Waals surface area contributed by atoms with E-state index in [-0.39, 0.29) is 0 Å². The van der Waals surface area contributed by atoms with Gasteiger partial charge in [-0.3, -0.25) is 0 Å². The summed E-state index contributed by atoms with van der Waals surface area (Å²) in [6, 6.07) is 3.70. The molecule has 3 aromatic heterocycles. The van der Waals surface area contributed by atoms with E-state index >= 15 is 0 Å². The Bertz CT molecular complexity index is 602. The molecular formula is C9H7AsN4O. The van der Waals surface area contributed by atoms with Crippen molar-refractivity contribution < 1.29 is 4.42 Å². The van der Waals surface area contributed by atoms with E-state index in [2.05, 4.69) is 15.0 Å². The molecule has 0 amide bonds. The van der Waals surface area contributed by atoms with Gasteiger partial charge in [-0.25, -0.2) is 0 Å². The molecule has 74 valence electrons. The Balaban J connectivity index is 2.32. The molecule has 5 nitrogen and oxygen atoms in total. The Morgan fingerprint density at radius 3 is 3.07 bits per heavy atom. The van der Waals surface area contributed by atoms with E-state index in [1.807, 2.05) is 12.1 Å². The van der Waals surface area contributed by atoms with Crippen molar-refractivity contribution in [3.8, 4) is 5.88 Å². The molecular weight excluding hydrogens is 255 g/mol. The average molecular weight is 262 g/mol. The van der Waals surface area contributed by atoms with E-state index in [1.54, 1.807) is 23.4 Å². The molecule has 0 saturated carbocycles.